The number of hydrogen-bond acceptors (Lipinski definition) is 4. The van der Waals surface area contributed by atoms with Gasteiger partial charge in [0.1, 0.15) is 23.6 Å². The highest BCUT2D eigenvalue weighted by atomic mass is 16.5. The maximum absolute atomic E-state index is 7.96. The summed E-state index contributed by atoms with van der Waals surface area (Å²) < 4.78 is 10.7. The molecule has 0 unspecified atom stereocenters. The van der Waals surface area contributed by atoms with Gasteiger partial charge >= 0.3 is 0 Å². The zero-order chi connectivity index (χ0) is 34.1. The molecule has 0 amide bonds. The van der Waals surface area contributed by atoms with Crippen LogP contribution in [0.15, 0.2) is 170 Å². The van der Waals surface area contributed by atoms with Crippen LogP contribution in [-0.2, 0) is 0 Å². The molecule has 0 saturated carbocycles. The van der Waals surface area contributed by atoms with Gasteiger partial charge in [0.05, 0.1) is 23.3 Å². The van der Waals surface area contributed by atoms with E-state index in [0.29, 0.717) is 28.6 Å². The first kappa shape index (κ1) is 29.8. The quantitative estimate of drug-likeness (QED) is 0.160. The van der Waals surface area contributed by atoms with Crippen molar-refractivity contribution in [2.45, 2.75) is 0 Å². The summed E-state index contributed by atoms with van der Waals surface area (Å²) in [5.74, 6) is 2.57. The van der Waals surface area contributed by atoms with E-state index < -0.39 is 0 Å². The van der Waals surface area contributed by atoms with Crippen LogP contribution in [0.2, 0.25) is 0 Å². The molecule has 0 spiro atoms. The number of para-hydroxylation sites is 2. The molecule has 0 saturated heterocycles. The smallest absolute Gasteiger partial charge is 0.191 e. The Bertz CT molecular complexity index is 2670. The van der Waals surface area contributed by atoms with E-state index in [-0.39, 0.29) is 0 Å². The minimum absolute atomic E-state index is 0.431. The molecule has 9 aromatic rings. The fourth-order valence-electron chi connectivity index (χ4n) is 6.82. The van der Waals surface area contributed by atoms with Gasteiger partial charge in [0.2, 0.25) is 0 Å². The van der Waals surface area contributed by atoms with E-state index in [1.807, 2.05) is 95.6 Å². The van der Waals surface area contributed by atoms with Crippen LogP contribution in [-0.4, -0.2) is 24.3 Å². The molecule has 0 aliphatic rings. The number of aromatic nitrogens is 5. The van der Waals surface area contributed by atoms with E-state index in [9.17, 15) is 0 Å². The third-order valence-corrected chi connectivity index (χ3v) is 9.03. The Morgan fingerprint density at radius 1 is 0.569 bits per heavy atom. The number of rotatable bonds is 7. The van der Waals surface area contributed by atoms with Crippen LogP contribution in [0.25, 0.3) is 71.8 Å². The monoisotopic (exact) mass is 656 g/mol. The Kier molecular flexibility index (Phi) is 7.38. The van der Waals surface area contributed by atoms with Gasteiger partial charge in [0, 0.05) is 39.7 Å². The summed E-state index contributed by atoms with van der Waals surface area (Å²) in [4.78, 5) is 8.46. The molecule has 51 heavy (non-hydrogen) atoms. The second-order valence-corrected chi connectivity index (χ2v) is 12.1. The second kappa shape index (κ2) is 12.6. The minimum atomic E-state index is 0.431. The second-order valence-electron chi connectivity index (χ2n) is 12.1. The van der Waals surface area contributed by atoms with Gasteiger partial charge < -0.3 is 4.74 Å². The molecular weight excluding hydrogens is 629 g/mol. The van der Waals surface area contributed by atoms with Crippen LogP contribution in [0, 0.1) is 6.57 Å². The van der Waals surface area contributed by atoms with Crippen molar-refractivity contribution in [1.82, 2.24) is 24.3 Å². The molecule has 3 heterocycles. The van der Waals surface area contributed by atoms with Crippen LogP contribution in [0.1, 0.15) is 0 Å². The molecule has 9 rings (SSSR count). The Labute approximate surface area is 294 Å². The van der Waals surface area contributed by atoms with Crippen LogP contribution >= 0.6 is 0 Å². The normalized spacial score (nSPS) is 11.1. The van der Waals surface area contributed by atoms with Crippen LogP contribution in [0.3, 0.4) is 0 Å². The fraction of sp³-hybridized carbons (Fsp3) is 0. The van der Waals surface area contributed by atoms with Gasteiger partial charge in [-0.3, -0.25) is 9.13 Å². The fourth-order valence-corrected chi connectivity index (χ4v) is 6.82. The molecule has 0 atom stereocenters. The van der Waals surface area contributed by atoms with Gasteiger partial charge in [-0.05, 0) is 59.7 Å². The van der Waals surface area contributed by atoms with Gasteiger partial charge in [-0.2, -0.15) is 0 Å². The van der Waals surface area contributed by atoms with Crippen LogP contribution in [0.5, 0.6) is 11.5 Å². The maximum Gasteiger partial charge on any atom is 0.191 e. The summed E-state index contributed by atoms with van der Waals surface area (Å²) in [5, 5.41) is 11.2. The largest absolute Gasteiger partial charge is 0.459 e. The molecule has 0 aliphatic heterocycles. The van der Waals surface area contributed by atoms with E-state index in [2.05, 4.69) is 85.3 Å². The molecule has 7 nitrogen and oxygen atoms in total. The van der Waals surface area contributed by atoms with E-state index in [0.717, 1.165) is 55.6 Å². The molecule has 0 N–H and O–H groups in total. The number of benzene rings is 6. The van der Waals surface area contributed by atoms with Crippen molar-refractivity contribution in [2.75, 3.05) is 0 Å². The van der Waals surface area contributed by atoms with Crippen LogP contribution in [0.4, 0.5) is 5.69 Å². The van der Waals surface area contributed by atoms with Gasteiger partial charge in [-0.25, -0.2) is 9.83 Å². The molecular formula is C44H28N6O. The van der Waals surface area contributed by atoms with Crippen molar-refractivity contribution in [3.63, 3.8) is 0 Å². The van der Waals surface area contributed by atoms with Crippen molar-refractivity contribution >= 4 is 27.5 Å². The molecule has 6 aromatic carbocycles. The van der Waals surface area contributed by atoms with E-state index >= 15 is 0 Å². The molecule has 7 heteroatoms. The highest BCUT2D eigenvalue weighted by Gasteiger charge is 2.20. The Morgan fingerprint density at radius 3 is 2.00 bits per heavy atom. The van der Waals surface area contributed by atoms with Crippen molar-refractivity contribution in [2.24, 2.45) is 0 Å². The summed E-state index contributed by atoms with van der Waals surface area (Å²) in [6, 6.07) is 52.7. The van der Waals surface area contributed by atoms with Crippen molar-refractivity contribution in [3.05, 3.63) is 182 Å². The van der Waals surface area contributed by atoms with E-state index in [4.69, 9.17) is 11.3 Å². The number of ether oxygens (including phenoxy) is 1. The lowest BCUT2D eigenvalue weighted by Crippen LogP contribution is -2.02. The summed E-state index contributed by atoms with van der Waals surface area (Å²) in [6.07, 6.45) is 3.53. The summed E-state index contributed by atoms with van der Waals surface area (Å²) in [5.41, 5.74) is 8.33. The first-order valence-electron chi connectivity index (χ1n) is 16.5. The standard InChI is InChI=1S/C44H28N6O/c1-45-33-25-32(44-48-47-29-49(44)43-36(30-13-4-2-5-14-30)18-12-19-37(43)31-15-6-3-7-16-31)26-35(27-33)51-34-22-23-39-38-17-8-9-20-40(38)50(41(39)28-34)42-21-10-11-24-46-42/h2-29H. The highest BCUT2D eigenvalue weighted by Crippen LogP contribution is 2.40. The van der Waals surface area contributed by atoms with Gasteiger partial charge in [-0.1, -0.05) is 103 Å². The summed E-state index contributed by atoms with van der Waals surface area (Å²) in [6.45, 7) is 7.96. The van der Waals surface area contributed by atoms with Crippen molar-refractivity contribution in [3.8, 4) is 56.6 Å². The van der Waals surface area contributed by atoms with Gasteiger partial charge in [0.15, 0.2) is 11.5 Å². The van der Waals surface area contributed by atoms with Gasteiger partial charge in [0.25, 0.3) is 0 Å². The third-order valence-electron chi connectivity index (χ3n) is 9.03. The zero-order valence-electron chi connectivity index (χ0n) is 27.3. The number of fused-ring (bicyclic) bond motifs is 3. The Balaban J connectivity index is 1.17. The van der Waals surface area contributed by atoms with E-state index in [1.165, 1.54) is 0 Å². The molecule has 0 fully saturated rings. The number of hydrogen-bond donors (Lipinski definition) is 0. The Hall–Kier alpha value is -7.30. The van der Waals surface area contributed by atoms with Crippen molar-refractivity contribution in [1.29, 1.82) is 0 Å². The summed E-state index contributed by atoms with van der Waals surface area (Å²) in [7, 11) is 0. The first-order chi connectivity index (χ1) is 25.2. The maximum atomic E-state index is 7.96. The average Bonchev–Trinajstić information content (AvgIpc) is 3.81. The zero-order valence-corrected chi connectivity index (χ0v) is 27.3. The number of pyridine rings is 1. The molecule has 0 radical (unpaired) electrons. The topological polar surface area (TPSA) is 62.1 Å². The predicted molar refractivity (Wildman–Crippen MR) is 203 cm³/mol. The third kappa shape index (κ3) is 5.38. The van der Waals surface area contributed by atoms with Gasteiger partial charge in [-0.15, -0.1) is 10.2 Å². The first-order valence-corrected chi connectivity index (χ1v) is 16.5. The lowest BCUT2D eigenvalue weighted by molar-refractivity contribution is 0.484. The predicted octanol–water partition coefficient (Wildman–Crippen LogP) is 11.1. The SMILES string of the molecule is [C-]#[N+]c1cc(Oc2ccc3c4ccccc4n(-c4ccccn4)c3c2)cc(-c2nncn2-c2c(-c3ccccc3)cccc2-c2ccccc2)c1. The number of nitrogens with zero attached hydrogens (tertiary/aromatic N) is 6. The van der Waals surface area contributed by atoms with Crippen molar-refractivity contribution < 1.29 is 4.74 Å². The molecule has 0 aliphatic carbocycles. The lowest BCUT2D eigenvalue weighted by Gasteiger charge is -2.18. The molecule has 3 aromatic heterocycles. The Morgan fingerprint density at radius 2 is 1.27 bits per heavy atom. The van der Waals surface area contributed by atoms with E-state index in [1.54, 1.807) is 18.6 Å². The van der Waals surface area contributed by atoms with Crippen LogP contribution < -0.4 is 4.74 Å². The average molecular weight is 657 g/mol. The summed E-state index contributed by atoms with van der Waals surface area (Å²) >= 11 is 0. The lowest BCUT2D eigenvalue weighted by atomic mass is 9.95. The highest BCUT2D eigenvalue weighted by molar-refractivity contribution is 6.09. The molecule has 240 valence electrons. The minimum Gasteiger partial charge on any atom is -0.459 e. The molecule has 0 bridgehead atoms.